The number of amidine groups is 1. The van der Waals surface area contributed by atoms with Gasteiger partial charge >= 0.3 is 5.97 Å². The van der Waals surface area contributed by atoms with Crippen molar-refractivity contribution in [2.24, 2.45) is 11.7 Å². The zero-order valence-corrected chi connectivity index (χ0v) is 18.9. The van der Waals surface area contributed by atoms with Gasteiger partial charge in [-0.2, -0.15) is 0 Å². The van der Waals surface area contributed by atoms with E-state index in [1.54, 1.807) is 31.2 Å². The average Bonchev–Trinajstić information content (AvgIpc) is 2.80. The van der Waals surface area contributed by atoms with Crippen LogP contribution in [-0.4, -0.2) is 42.7 Å². The van der Waals surface area contributed by atoms with Crippen LogP contribution >= 0.6 is 0 Å². The zero-order valence-electron chi connectivity index (χ0n) is 18.9. The fraction of sp³-hybridized carbons (Fsp3) is 0.417. The molecule has 1 aliphatic rings. The maximum Gasteiger partial charge on any atom is 0.330 e. The minimum absolute atomic E-state index is 0.0333. The van der Waals surface area contributed by atoms with E-state index >= 15 is 4.39 Å². The highest BCUT2D eigenvalue weighted by atomic mass is 19.1. The summed E-state index contributed by atoms with van der Waals surface area (Å²) < 4.78 is 27.1. The first-order chi connectivity index (χ1) is 15.8. The van der Waals surface area contributed by atoms with Crippen LogP contribution in [0.1, 0.15) is 43.9 Å². The van der Waals surface area contributed by atoms with Crippen molar-refractivity contribution in [2.75, 3.05) is 25.0 Å². The molecule has 2 aromatic carbocycles. The van der Waals surface area contributed by atoms with Crippen LogP contribution < -0.4 is 25.8 Å². The summed E-state index contributed by atoms with van der Waals surface area (Å²) >= 11 is 0. The molecule has 0 radical (unpaired) electrons. The van der Waals surface area contributed by atoms with Gasteiger partial charge in [0.1, 0.15) is 17.7 Å². The number of carboxylic acid groups (broad SMARTS) is 1. The van der Waals surface area contributed by atoms with Gasteiger partial charge in [-0.05, 0) is 63.6 Å². The van der Waals surface area contributed by atoms with Crippen molar-refractivity contribution in [3.8, 4) is 11.5 Å². The molecule has 0 aromatic heterocycles. The number of nitrogen functional groups attached to an aromatic ring is 1. The summed E-state index contributed by atoms with van der Waals surface area (Å²) in [5.74, 6) is -1.57. The maximum atomic E-state index is 15.6. The van der Waals surface area contributed by atoms with Gasteiger partial charge in [0.2, 0.25) is 0 Å². The van der Waals surface area contributed by atoms with Crippen molar-refractivity contribution < 1.29 is 23.8 Å². The summed E-state index contributed by atoms with van der Waals surface area (Å²) in [6.07, 6.45) is 1.74. The van der Waals surface area contributed by atoms with Gasteiger partial charge in [0.15, 0.2) is 17.6 Å². The first-order valence-electron chi connectivity index (χ1n) is 11.1. The number of carboxylic acids is 1. The van der Waals surface area contributed by atoms with Crippen LogP contribution in [0.4, 0.5) is 10.1 Å². The summed E-state index contributed by atoms with van der Waals surface area (Å²) in [6, 6.07) is 7.82. The molecule has 0 bridgehead atoms. The van der Waals surface area contributed by atoms with E-state index in [4.69, 9.17) is 20.6 Å². The molecule has 33 heavy (non-hydrogen) atoms. The van der Waals surface area contributed by atoms with E-state index in [2.05, 4.69) is 10.6 Å². The van der Waals surface area contributed by atoms with Crippen LogP contribution in [0.15, 0.2) is 36.4 Å². The Morgan fingerprint density at radius 2 is 2.09 bits per heavy atom. The third-order valence-corrected chi connectivity index (χ3v) is 5.73. The SMILES string of the molecule is CCOc1cc(OC(C)C2CCCNC2)c(F)c(C(Nc2ccc(C(=N)N)cc2)C(=O)O)c1. The Kier molecular flexibility index (Phi) is 8.11. The molecule has 1 aliphatic heterocycles. The number of carbonyl (C=O) groups is 1. The van der Waals surface area contributed by atoms with E-state index < -0.39 is 17.8 Å². The van der Waals surface area contributed by atoms with Crippen LogP contribution in [-0.2, 0) is 4.79 Å². The molecule has 3 rings (SSSR count). The molecule has 3 atom stereocenters. The Hall–Kier alpha value is -3.33. The van der Waals surface area contributed by atoms with E-state index in [-0.39, 0.29) is 29.2 Å². The largest absolute Gasteiger partial charge is 0.494 e. The van der Waals surface area contributed by atoms with Crippen molar-refractivity contribution in [3.63, 3.8) is 0 Å². The fourth-order valence-corrected chi connectivity index (χ4v) is 3.90. The smallest absolute Gasteiger partial charge is 0.330 e. The van der Waals surface area contributed by atoms with Crippen molar-refractivity contribution in [2.45, 2.75) is 38.8 Å². The molecule has 1 heterocycles. The van der Waals surface area contributed by atoms with Gasteiger partial charge in [0.25, 0.3) is 0 Å². The van der Waals surface area contributed by atoms with Crippen molar-refractivity contribution in [1.29, 1.82) is 5.41 Å². The fourth-order valence-electron chi connectivity index (χ4n) is 3.90. The van der Waals surface area contributed by atoms with Crippen molar-refractivity contribution in [1.82, 2.24) is 5.32 Å². The molecule has 1 fully saturated rings. The van der Waals surface area contributed by atoms with Gasteiger partial charge < -0.3 is 30.9 Å². The lowest BCUT2D eigenvalue weighted by Crippen LogP contribution is -2.38. The van der Waals surface area contributed by atoms with Gasteiger partial charge in [0.05, 0.1) is 6.61 Å². The van der Waals surface area contributed by atoms with Crippen LogP contribution in [0.5, 0.6) is 11.5 Å². The second-order valence-corrected chi connectivity index (χ2v) is 8.09. The van der Waals surface area contributed by atoms with Gasteiger partial charge in [-0.25, -0.2) is 9.18 Å². The summed E-state index contributed by atoms with van der Waals surface area (Å²) in [5.41, 5.74) is 6.32. The molecule has 3 unspecified atom stereocenters. The standard InChI is InChI=1S/C24H31FN4O4/c1-3-32-18-11-19(21(25)20(12-18)33-14(2)16-5-4-10-28-13-16)22(24(30)31)29-17-8-6-15(7-9-17)23(26)27/h6-9,11-12,14,16,22,28-29H,3-5,10,13H2,1-2H3,(H3,26,27)(H,30,31). The number of halogens is 1. The number of rotatable bonds is 10. The lowest BCUT2D eigenvalue weighted by molar-refractivity contribution is -0.138. The topological polar surface area (TPSA) is 130 Å². The summed E-state index contributed by atoms with van der Waals surface area (Å²) in [7, 11) is 0. The van der Waals surface area contributed by atoms with Crippen molar-refractivity contribution in [3.05, 3.63) is 53.3 Å². The molecular formula is C24H31FN4O4. The van der Waals surface area contributed by atoms with E-state index in [1.165, 1.54) is 12.1 Å². The number of anilines is 1. The Labute approximate surface area is 192 Å². The average molecular weight is 459 g/mol. The summed E-state index contributed by atoms with van der Waals surface area (Å²) in [6.45, 7) is 5.78. The minimum atomic E-state index is -1.39. The zero-order chi connectivity index (χ0) is 24.0. The molecule has 6 N–H and O–H groups in total. The third-order valence-electron chi connectivity index (χ3n) is 5.73. The highest BCUT2D eigenvalue weighted by Gasteiger charge is 2.29. The molecule has 0 amide bonds. The molecule has 9 heteroatoms. The lowest BCUT2D eigenvalue weighted by atomic mass is 9.94. The normalized spacial score (nSPS) is 17.6. The Balaban J connectivity index is 1.91. The molecule has 178 valence electrons. The second kappa shape index (κ2) is 11.0. The maximum absolute atomic E-state index is 15.6. The van der Waals surface area contributed by atoms with Crippen molar-refractivity contribution >= 4 is 17.5 Å². The van der Waals surface area contributed by atoms with E-state index in [0.29, 0.717) is 23.6 Å². The number of benzene rings is 2. The van der Waals surface area contributed by atoms with Gasteiger partial charge in [0, 0.05) is 35.3 Å². The van der Waals surface area contributed by atoms with Crippen LogP contribution in [0.25, 0.3) is 0 Å². The Bertz CT molecular complexity index is 977. The first kappa shape index (κ1) is 24.3. The quantitative estimate of drug-likeness (QED) is 0.272. The van der Waals surface area contributed by atoms with Gasteiger partial charge in [-0.15, -0.1) is 0 Å². The number of aliphatic carboxylic acids is 1. The number of piperidine rings is 1. The molecule has 2 aromatic rings. The third kappa shape index (κ3) is 6.13. The first-order valence-corrected chi connectivity index (χ1v) is 11.1. The van der Waals surface area contributed by atoms with Crippen LogP contribution in [0.3, 0.4) is 0 Å². The molecule has 0 saturated carbocycles. The molecule has 0 spiro atoms. The minimum Gasteiger partial charge on any atom is -0.494 e. The van der Waals surface area contributed by atoms with Crippen LogP contribution in [0, 0.1) is 17.1 Å². The Morgan fingerprint density at radius 3 is 2.67 bits per heavy atom. The number of hydrogen-bond donors (Lipinski definition) is 5. The molecular weight excluding hydrogens is 427 g/mol. The highest BCUT2D eigenvalue weighted by molar-refractivity contribution is 5.95. The molecule has 1 saturated heterocycles. The predicted octanol–water partition coefficient (Wildman–Crippen LogP) is 3.51. The lowest BCUT2D eigenvalue weighted by Gasteiger charge is -2.29. The van der Waals surface area contributed by atoms with E-state index in [0.717, 1.165) is 25.9 Å². The number of nitrogens with one attached hydrogen (secondary N) is 3. The molecule has 8 nitrogen and oxygen atoms in total. The summed E-state index contributed by atoms with van der Waals surface area (Å²) in [4.78, 5) is 12.1. The predicted molar refractivity (Wildman–Crippen MR) is 125 cm³/mol. The summed E-state index contributed by atoms with van der Waals surface area (Å²) in [5, 5.41) is 23.5. The molecule has 0 aliphatic carbocycles. The number of hydrogen-bond acceptors (Lipinski definition) is 6. The Morgan fingerprint density at radius 1 is 1.36 bits per heavy atom. The number of nitrogens with two attached hydrogens (primary N) is 1. The number of ether oxygens (including phenoxy) is 2. The monoisotopic (exact) mass is 458 g/mol. The van der Waals surface area contributed by atoms with E-state index in [1.807, 2.05) is 6.92 Å². The van der Waals surface area contributed by atoms with Crippen LogP contribution in [0.2, 0.25) is 0 Å². The van der Waals surface area contributed by atoms with Gasteiger partial charge in [-0.3, -0.25) is 5.41 Å². The second-order valence-electron chi connectivity index (χ2n) is 8.09. The van der Waals surface area contributed by atoms with Gasteiger partial charge in [-0.1, -0.05) is 0 Å². The van der Waals surface area contributed by atoms with E-state index in [9.17, 15) is 9.90 Å². The highest BCUT2D eigenvalue weighted by Crippen LogP contribution is 2.34.